The fraction of sp³-hybridized carbons (Fsp3) is 0.150. The van der Waals surface area contributed by atoms with E-state index in [2.05, 4.69) is 20.9 Å². The maximum atomic E-state index is 13.7. The Balaban J connectivity index is 2.15. The van der Waals surface area contributed by atoms with Gasteiger partial charge in [0.25, 0.3) is 0 Å². The van der Waals surface area contributed by atoms with Crippen molar-refractivity contribution < 1.29 is 12.8 Å². The summed E-state index contributed by atoms with van der Waals surface area (Å²) in [5.41, 5.74) is 1.54. The molecule has 0 N–H and O–H groups in total. The van der Waals surface area contributed by atoms with Crippen molar-refractivity contribution in [1.29, 1.82) is 0 Å². The van der Waals surface area contributed by atoms with Crippen LogP contribution in [0, 0.1) is 5.82 Å². The molecule has 0 aliphatic carbocycles. The van der Waals surface area contributed by atoms with Gasteiger partial charge in [0.2, 0.25) is 10.0 Å². The lowest BCUT2D eigenvalue weighted by Crippen LogP contribution is -2.35. The van der Waals surface area contributed by atoms with E-state index < -0.39 is 21.9 Å². The first-order valence-corrected chi connectivity index (χ1v) is 10.6. The zero-order valence-electron chi connectivity index (χ0n) is 14.6. The average molecular weight is 449 g/mol. The van der Waals surface area contributed by atoms with E-state index in [0.717, 1.165) is 21.7 Å². The third kappa shape index (κ3) is 4.26. The fourth-order valence-electron chi connectivity index (χ4n) is 2.96. The summed E-state index contributed by atoms with van der Waals surface area (Å²) in [6.07, 6.45) is 3.29. The van der Waals surface area contributed by atoms with Crippen LogP contribution in [0.4, 0.5) is 4.39 Å². The molecule has 1 atom stereocenters. The summed E-state index contributed by atoms with van der Waals surface area (Å²) in [5.74, 6) is -0.589. The molecule has 4 nitrogen and oxygen atoms in total. The lowest BCUT2D eigenvalue weighted by Gasteiger charge is -2.30. The molecule has 0 amide bonds. The lowest BCUT2D eigenvalue weighted by molar-refractivity contribution is 0.374. The summed E-state index contributed by atoms with van der Waals surface area (Å²) in [6, 6.07) is 15.6. The van der Waals surface area contributed by atoms with Crippen molar-refractivity contribution in [3.8, 4) is 0 Å². The highest BCUT2D eigenvalue weighted by Crippen LogP contribution is 2.33. The smallest absolute Gasteiger partial charge is 0.244 e. The van der Waals surface area contributed by atoms with Crippen molar-refractivity contribution >= 4 is 26.0 Å². The first kappa shape index (κ1) is 19.7. The van der Waals surface area contributed by atoms with Crippen molar-refractivity contribution in [2.75, 3.05) is 6.54 Å². The van der Waals surface area contributed by atoms with Gasteiger partial charge in [0.05, 0.1) is 10.9 Å². The van der Waals surface area contributed by atoms with E-state index >= 15 is 0 Å². The summed E-state index contributed by atoms with van der Waals surface area (Å²) in [5, 5.41) is 0. The van der Waals surface area contributed by atoms with Crippen LogP contribution in [0.1, 0.15) is 24.1 Å². The van der Waals surface area contributed by atoms with Crippen LogP contribution < -0.4 is 0 Å². The zero-order valence-corrected chi connectivity index (χ0v) is 17.0. The Morgan fingerprint density at radius 1 is 1.07 bits per heavy atom. The van der Waals surface area contributed by atoms with E-state index in [1.54, 1.807) is 25.4 Å². The minimum atomic E-state index is -3.93. The highest BCUT2D eigenvalue weighted by molar-refractivity contribution is 9.10. The molecule has 1 aromatic heterocycles. The summed E-state index contributed by atoms with van der Waals surface area (Å²) in [7, 11) is -3.93. The van der Waals surface area contributed by atoms with Crippen molar-refractivity contribution in [1.82, 2.24) is 9.29 Å². The lowest BCUT2D eigenvalue weighted by atomic mass is 10.0. The van der Waals surface area contributed by atoms with Crippen molar-refractivity contribution in [3.63, 3.8) is 0 Å². The van der Waals surface area contributed by atoms with Crippen LogP contribution in [-0.2, 0) is 10.0 Å². The van der Waals surface area contributed by atoms with Gasteiger partial charge in [0, 0.05) is 23.4 Å². The molecule has 2 aromatic carbocycles. The highest BCUT2D eigenvalue weighted by Gasteiger charge is 2.32. The van der Waals surface area contributed by atoms with E-state index in [4.69, 9.17) is 0 Å². The number of rotatable bonds is 6. The Kier molecular flexibility index (Phi) is 6.04. The van der Waals surface area contributed by atoms with E-state index in [1.165, 1.54) is 22.5 Å². The van der Waals surface area contributed by atoms with Gasteiger partial charge in [0.15, 0.2) is 0 Å². The molecule has 1 heterocycles. The van der Waals surface area contributed by atoms with E-state index in [1.807, 2.05) is 30.3 Å². The van der Waals surface area contributed by atoms with E-state index in [-0.39, 0.29) is 11.4 Å². The van der Waals surface area contributed by atoms with Gasteiger partial charge in [0.1, 0.15) is 5.82 Å². The number of aromatic nitrogens is 1. The van der Waals surface area contributed by atoms with Gasteiger partial charge in [-0.2, -0.15) is 4.31 Å². The number of hydrogen-bond acceptors (Lipinski definition) is 3. The minimum absolute atomic E-state index is 0.0737. The van der Waals surface area contributed by atoms with Gasteiger partial charge in [-0.25, -0.2) is 12.8 Å². The first-order chi connectivity index (χ1) is 12.9. The van der Waals surface area contributed by atoms with Crippen molar-refractivity contribution in [2.45, 2.75) is 17.9 Å². The second-order valence-corrected chi connectivity index (χ2v) is 8.71. The minimum Gasteiger partial charge on any atom is -0.264 e. The topological polar surface area (TPSA) is 50.3 Å². The average Bonchev–Trinajstić information content (AvgIpc) is 2.67. The van der Waals surface area contributed by atoms with Crippen LogP contribution in [0.15, 0.2) is 82.4 Å². The van der Waals surface area contributed by atoms with Crippen LogP contribution in [-0.4, -0.2) is 24.3 Å². The van der Waals surface area contributed by atoms with Crippen LogP contribution in [0.3, 0.4) is 0 Å². The van der Waals surface area contributed by atoms with Crippen LogP contribution in [0.5, 0.6) is 0 Å². The summed E-state index contributed by atoms with van der Waals surface area (Å²) in [6.45, 7) is 1.98. The first-order valence-electron chi connectivity index (χ1n) is 8.36. The molecule has 0 bridgehead atoms. The van der Waals surface area contributed by atoms with Gasteiger partial charge in [-0.05, 0) is 47.5 Å². The Labute approximate surface area is 166 Å². The van der Waals surface area contributed by atoms with Gasteiger partial charge in [-0.15, -0.1) is 0 Å². The predicted molar refractivity (Wildman–Crippen MR) is 106 cm³/mol. The quantitative estimate of drug-likeness (QED) is 0.544. The number of nitrogens with zero attached hydrogens (tertiary/aromatic N) is 2. The van der Waals surface area contributed by atoms with Crippen LogP contribution in [0.25, 0.3) is 0 Å². The molecule has 0 unspecified atom stereocenters. The van der Waals surface area contributed by atoms with Gasteiger partial charge >= 0.3 is 0 Å². The number of hydrogen-bond donors (Lipinski definition) is 0. The molecule has 0 saturated heterocycles. The molecule has 0 aliphatic heterocycles. The molecule has 0 saturated carbocycles. The van der Waals surface area contributed by atoms with Crippen LogP contribution in [0.2, 0.25) is 0 Å². The molecule has 140 valence electrons. The maximum Gasteiger partial charge on any atom is 0.244 e. The molecule has 0 fully saturated rings. The molecule has 0 spiro atoms. The largest absolute Gasteiger partial charge is 0.264 e. The standard InChI is InChI=1S/C20H18BrFN2O2S/c1-2-24(27(25,26)19-7-3-6-18(22)13-19)20(16-5-4-12-23-14-16)15-8-10-17(21)11-9-15/h3-14,20H,2H2,1H3/t20-/m0/s1. The zero-order chi connectivity index (χ0) is 19.4. The molecule has 7 heteroatoms. The second-order valence-electron chi connectivity index (χ2n) is 5.91. The summed E-state index contributed by atoms with van der Waals surface area (Å²) < 4.78 is 42.5. The molecule has 27 heavy (non-hydrogen) atoms. The Bertz CT molecular complexity index is 1010. The molecule has 0 aliphatic rings. The predicted octanol–water partition coefficient (Wildman–Crippen LogP) is 4.78. The normalized spacial score (nSPS) is 12.9. The van der Waals surface area contributed by atoms with Crippen LogP contribution >= 0.6 is 15.9 Å². The van der Waals surface area contributed by atoms with Crippen molar-refractivity contribution in [2.24, 2.45) is 0 Å². The van der Waals surface area contributed by atoms with Gasteiger partial charge in [-0.3, -0.25) is 4.98 Å². The molecular formula is C20H18BrFN2O2S. The molecular weight excluding hydrogens is 431 g/mol. The Morgan fingerprint density at radius 2 is 1.81 bits per heavy atom. The fourth-order valence-corrected chi connectivity index (χ4v) is 4.87. The maximum absolute atomic E-state index is 13.7. The molecule has 3 aromatic rings. The number of pyridine rings is 1. The summed E-state index contributed by atoms with van der Waals surface area (Å²) >= 11 is 3.40. The monoisotopic (exact) mass is 448 g/mol. The Morgan fingerprint density at radius 3 is 2.41 bits per heavy atom. The van der Waals surface area contributed by atoms with Crippen molar-refractivity contribution in [3.05, 3.63) is 94.5 Å². The third-order valence-corrected chi connectivity index (χ3v) is 6.65. The third-order valence-electron chi connectivity index (χ3n) is 4.19. The summed E-state index contributed by atoms with van der Waals surface area (Å²) in [4.78, 5) is 4.07. The number of sulfonamides is 1. The van der Waals surface area contributed by atoms with E-state index in [0.29, 0.717) is 0 Å². The van der Waals surface area contributed by atoms with E-state index in [9.17, 15) is 12.8 Å². The molecule has 0 radical (unpaired) electrons. The SMILES string of the molecule is CCN([C@@H](c1ccc(Br)cc1)c1cccnc1)S(=O)(=O)c1cccc(F)c1. The Hall–Kier alpha value is -2.09. The second kappa shape index (κ2) is 8.29. The van der Waals surface area contributed by atoms with Gasteiger partial charge in [-0.1, -0.05) is 47.1 Å². The highest BCUT2D eigenvalue weighted by atomic mass is 79.9. The van der Waals surface area contributed by atoms with Gasteiger partial charge < -0.3 is 0 Å². The molecule has 3 rings (SSSR count). The number of benzene rings is 2. The number of halogens is 2.